The predicted molar refractivity (Wildman–Crippen MR) is 60.5 cm³/mol. The van der Waals surface area contributed by atoms with Crippen LogP contribution in [0.15, 0.2) is 12.1 Å². The summed E-state index contributed by atoms with van der Waals surface area (Å²) < 4.78 is 40.3. The molecule has 2 unspecified atom stereocenters. The van der Waals surface area contributed by atoms with Gasteiger partial charge in [0.15, 0.2) is 11.6 Å². The van der Waals surface area contributed by atoms with Crippen molar-refractivity contribution in [1.82, 2.24) is 5.32 Å². The topological polar surface area (TPSA) is 12.0 Å². The maximum atomic E-state index is 13.7. The van der Waals surface area contributed by atoms with Crippen LogP contribution in [-0.4, -0.2) is 6.54 Å². The monoisotopic (exact) mass is 243 g/mol. The highest BCUT2D eigenvalue weighted by molar-refractivity contribution is 5.30. The molecule has 17 heavy (non-hydrogen) atoms. The lowest BCUT2D eigenvalue weighted by molar-refractivity contribution is 0.364. The minimum atomic E-state index is -1.28. The van der Waals surface area contributed by atoms with Crippen LogP contribution in [0.25, 0.3) is 0 Å². The maximum absolute atomic E-state index is 13.7. The van der Waals surface area contributed by atoms with E-state index in [2.05, 4.69) is 5.32 Å². The van der Waals surface area contributed by atoms with E-state index in [1.807, 2.05) is 0 Å². The molecule has 0 aromatic heterocycles. The van der Waals surface area contributed by atoms with Crippen LogP contribution in [-0.2, 0) is 0 Å². The largest absolute Gasteiger partial charge is 0.310 e. The second kappa shape index (κ2) is 5.08. The molecule has 4 heteroatoms. The van der Waals surface area contributed by atoms with Crippen molar-refractivity contribution in [3.05, 3.63) is 34.9 Å². The molecule has 1 aliphatic heterocycles. The maximum Gasteiger partial charge on any atom is 0.163 e. The third-order valence-corrected chi connectivity index (χ3v) is 3.22. The van der Waals surface area contributed by atoms with Gasteiger partial charge in [0.2, 0.25) is 0 Å². The molecule has 94 valence electrons. The van der Waals surface area contributed by atoms with Gasteiger partial charge in [0, 0.05) is 11.6 Å². The summed E-state index contributed by atoms with van der Waals surface area (Å²) in [7, 11) is 0. The van der Waals surface area contributed by atoms with E-state index in [4.69, 9.17) is 0 Å². The van der Waals surface area contributed by atoms with Crippen molar-refractivity contribution < 1.29 is 13.2 Å². The molecule has 1 fully saturated rings. The number of benzene rings is 1. The third kappa shape index (κ3) is 2.63. The quantitative estimate of drug-likeness (QED) is 0.832. The number of piperidine rings is 1. The molecule has 0 spiro atoms. The minimum Gasteiger partial charge on any atom is -0.310 e. The fraction of sp³-hybridized carbons (Fsp3) is 0.538. The lowest BCUT2D eigenvalue weighted by Gasteiger charge is -2.25. The first-order valence-electron chi connectivity index (χ1n) is 5.96. The number of hydrogen-bond acceptors (Lipinski definition) is 1. The number of rotatable bonds is 2. The Morgan fingerprint density at radius 3 is 2.65 bits per heavy atom. The molecule has 1 heterocycles. The van der Waals surface area contributed by atoms with Crippen molar-refractivity contribution in [2.45, 2.75) is 38.4 Å². The molecule has 1 N–H and O–H groups in total. The lowest BCUT2D eigenvalue weighted by Crippen LogP contribution is -2.27. The molecule has 1 saturated heterocycles. The molecule has 2 atom stereocenters. The average molecular weight is 243 g/mol. The van der Waals surface area contributed by atoms with Crippen LogP contribution in [0.2, 0.25) is 0 Å². The second-order valence-electron chi connectivity index (χ2n) is 4.52. The Bertz CT molecular complexity index is 398. The van der Waals surface area contributed by atoms with E-state index in [0.29, 0.717) is 0 Å². The van der Waals surface area contributed by atoms with Crippen molar-refractivity contribution in [2.75, 3.05) is 6.54 Å². The van der Waals surface area contributed by atoms with Gasteiger partial charge < -0.3 is 5.32 Å². The van der Waals surface area contributed by atoms with E-state index in [0.717, 1.165) is 31.9 Å². The zero-order chi connectivity index (χ0) is 12.4. The van der Waals surface area contributed by atoms with Crippen LogP contribution < -0.4 is 5.32 Å². The molecule has 1 aromatic carbocycles. The van der Waals surface area contributed by atoms with Gasteiger partial charge in [-0.05, 0) is 44.0 Å². The van der Waals surface area contributed by atoms with Gasteiger partial charge >= 0.3 is 0 Å². The van der Waals surface area contributed by atoms with Crippen molar-refractivity contribution in [3.63, 3.8) is 0 Å². The van der Waals surface area contributed by atoms with E-state index in [9.17, 15) is 13.2 Å². The van der Waals surface area contributed by atoms with Crippen LogP contribution in [0, 0.1) is 11.6 Å². The summed E-state index contributed by atoms with van der Waals surface area (Å²) in [5.41, 5.74) is 0.454. The molecular weight excluding hydrogens is 227 g/mol. The van der Waals surface area contributed by atoms with E-state index in [1.54, 1.807) is 0 Å². The normalized spacial score (nSPS) is 22.5. The summed E-state index contributed by atoms with van der Waals surface area (Å²) in [5.74, 6) is -1.82. The molecule has 0 bridgehead atoms. The Hall–Kier alpha value is -1.03. The van der Waals surface area contributed by atoms with E-state index in [1.165, 1.54) is 13.0 Å². The van der Waals surface area contributed by atoms with Crippen LogP contribution in [0.4, 0.5) is 13.2 Å². The second-order valence-corrected chi connectivity index (χ2v) is 4.52. The van der Waals surface area contributed by atoms with Gasteiger partial charge in [0.25, 0.3) is 0 Å². The van der Waals surface area contributed by atoms with Crippen molar-refractivity contribution in [3.8, 4) is 0 Å². The van der Waals surface area contributed by atoms with Crippen LogP contribution in [0.3, 0.4) is 0 Å². The summed E-state index contributed by atoms with van der Waals surface area (Å²) in [6.07, 6.45) is 1.50. The van der Waals surface area contributed by atoms with Gasteiger partial charge in [0.05, 0.1) is 0 Å². The Morgan fingerprint density at radius 2 is 2.06 bits per heavy atom. The summed E-state index contributed by atoms with van der Waals surface area (Å²) in [5, 5.41) is 3.14. The molecule has 0 amide bonds. The fourth-order valence-electron chi connectivity index (χ4n) is 2.23. The highest BCUT2D eigenvalue weighted by atomic mass is 19.2. The van der Waals surface area contributed by atoms with Crippen LogP contribution in [0.1, 0.15) is 49.5 Å². The molecule has 1 aliphatic rings. The van der Waals surface area contributed by atoms with Crippen molar-refractivity contribution in [2.24, 2.45) is 0 Å². The lowest BCUT2D eigenvalue weighted by atomic mass is 9.94. The van der Waals surface area contributed by atoms with Crippen LogP contribution >= 0.6 is 0 Å². The third-order valence-electron chi connectivity index (χ3n) is 3.22. The van der Waals surface area contributed by atoms with Crippen LogP contribution in [0.5, 0.6) is 0 Å². The molecule has 2 rings (SSSR count). The first kappa shape index (κ1) is 12.4. The molecule has 0 saturated carbocycles. The number of hydrogen-bond donors (Lipinski definition) is 1. The van der Waals surface area contributed by atoms with E-state index < -0.39 is 17.8 Å². The van der Waals surface area contributed by atoms with E-state index in [-0.39, 0.29) is 17.2 Å². The first-order valence-corrected chi connectivity index (χ1v) is 5.96. The van der Waals surface area contributed by atoms with Gasteiger partial charge in [0.1, 0.15) is 6.17 Å². The average Bonchev–Trinajstić information content (AvgIpc) is 2.33. The standard InChI is InChI=1S/C13H16F3N/c1-8(14)9-6-10(13(16)11(15)7-9)12-4-2-3-5-17-12/h6-8,12,17H,2-5H2,1H3. The van der Waals surface area contributed by atoms with Crippen molar-refractivity contribution >= 4 is 0 Å². The molecule has 0 aliphatic carbocycles. The van der Waals surface area contributed by atoms with Gasteiger partial charge in [-0.2, -0.15) is 0 Å². The van der Waals surface area contributed by atoms with Gasteiger partial charge in [-0.15, -0.1) is 0 Å². The highest BCUT2D eigenvalue weighted by Crippen LogP contribution is 2.30. The number of halogens is 3. The predicted octanol–water partition coefficient (Wildman–Crippen LogP) is 3.81. The minimum absolute atomic E-state index is 0.197. The molecule has 1 aromatic rings. The van der Waals surface area contributed by atoms with E-state index >= 15 is 0 Å². The first-order chi connectivity index (χ1) is 8.09. The Balaban J connectivity index is 2.36. The molecule has 0 radical (unpaired) electrons. The number of alkyl halides is 1. The number of nitrogens with one attached hydrogen (secondary N) is 1. The van der Waals surface area contributed by atoms with Crippen molar-refractivity contribution in [1.29, 1.82) is 0 Å². The summed E-state index contributed by atoms with van der Waals surface area (Å²) in [6, 6.07) is 2.18. The summed E-state index contributed by atoms with van der Waals surface area (Å²) in [6.45, 7) is 2.12. The highest BCUT2D eigenvalue weighted by Gasteiger charge is 2.22. The van der Waals surface area contributed by atoms with Gasteiger partial charge in [-0.25, -0.2) is 13.2 Å². The van der Waals surface area contributed by atoms with Gasteiger partial charge in [-0.3, -0.25) is 0 Å². The molecule has 1 nitrogen and oxygen atoms in total. The fourth-order valence-corrected chi connectivity index (χ4v) is 2.23. The zero-order valence-electron chi connectivity index (χ0n) is 9.77. The molecular formula is C13H16F3N. The SMILES string of the molecule is CC(F)c1cc(F)c(F)c(C2CCCCN2)c1. The van der Waals surface area contributed by atoms with Gasteiger partial charge in [-0.1, -0.05) is 6.42 Å². The Kier molecular flexibility index (Phi) is 3.72. The summed E-state index contributed by atoms with van der Waals surface area (Å²) >= 11 is 0. The smallest absolute Gasteiger partial charge is 0.163 e. The zero-order valence-corrected chi connectivity index (χ0v) is 9.77. The Morgan fingerprint density at radius 1 is 1.29 bits per heavy atom. The summed E-state index contributed by atoms with van der Waals surface area (Å²) in [4.78, 5) is 0. The Labute approximate surface area is 99.0 Å².